The molecular weight excluding hydrogens is 320 g/mol. The lowest BCUT2D eigenvalue weighted by Crippen LogP contribution is -2.44. The van der Waals surface area contributed by atoms with E-state index in [2.05, 4.69) is 5.32 Å². The maximum absolute atomic E-state index is 12.4. The lowest BCUT2D eigenvalue weighted by Gasteiger charge is -2.30. The Hall–Kier alpha value is -1.98. The van der Waals surface area contributed by atoms with Crippen molar-refractivity contribution in [2.24, 2.45) is 0 Å². The second-order valence-corrected chi connectivity index (χ2v) is 6.39. The highest BCUT2D eigenvalue weighted by atomic mass is 35.5. The molecule has 1 aliphatic rings. The van der Waals surface area contributed by atoms with Gasteiger partial charge < -0.3 is 10.2 Å². The van der Waals surface area contributed by atoms with E-state index in [0.29, 0.717) is 10.7 Å². The number of nitrogens with zero attached hydrogens (tertiary/aromatic N) is 1. The van der Waals surface area contributed by atoms with E-state index >= 15 is 0 Å². The highest BCUT2D eigenvalue weighted by Gasteiger charge is 2.36. The van der Waals surface area contributed by atoms with Crippen LogP contribution in [0.5, 0.6) is 0 Å². The van der Waals surface area contributed by atoms with E-state index in [0.717, 1.165) is 10.6 Å². The monoisotopic (exact) mass is 332 g/mol. The van der Waals surface area contributed by atoms with Crippen molar-refractivity contribution in [3.63, 3.8) is 0 Å². The van der Waals surface area contributed by atoms with Crippen LogP contribution < -0.4 is 10.2 Å². The molecule has 1 unspecified atom stereocenters. The molecular formula is C16H13ClN2O2S. The standard InChI is InChI=1S/C16H13ClN2O2S/c1-19-12-8-4-5-9-13(12)22-14(16(19)21)15(20)18-11-7-3-2-6-10(11)17/h2-9,14H,1H3,(H,18,20). The van der Waals surface area contributed by atoms with Crippen LogP contribution in [0.25, 0.3) is 0 Å². The molecule has 3 rings (SSSR count). The van der Waals surface area contributed by atoms with Crippen molar-refractivity contribution in [3.05, 3.63) is 53.6 Å². The summed E-state index contributed by atoms with van der Waals surface area (Å²) in [7, 11) is 1.68. The number of carbonyl (C=O) groups excluding carboxylic acids is 2. The molecule has 0 fully saturated rings. The second-order valence-electron chi connectivity index (χ2n) is 4.83. The summed E-state index contributed by atoms with van der Waals surface area (Å²) in [6.45, 7) is 0. The van der Waals surface area contributed by atoms with Gasteiger partial charge in [0.2, 0.25) is 11.8 Å². The van der Waals surface area contributed by atoms with Gasteiger partial charge in [-0.3, -0.25) is 9.59 Å². The minimum Gasteiger partial charge on any atom is -0.323 e. The minimum absolute atomic E-state index is 0.242. The fraction of sp³-hybridized carbons (Fsp3) is 0.125. The van der Waals surface area contributed by atoms with Crippen molar-refractivity contribution in [2.45, 2.75) is 10.1 Å². The summed E-state index contributed by atoms with van der Waals surface area (Å²) in [4.78, 5) is 27.3. The minimum atomic E-state index is -0.823. The zero-order valence-corrected chi connectivity index (χ0v) is 13.3. The number of amides is 2. The first kappa shape index (κ1) is 14.9. The van der Waals surface area contributed by atoms with Gasteiger partial charge in [0.1, 0.15) is 0 Å². The molecule has 0 spiro atoms. The van der Waals surface area contributed by atoms with Gasteiger partial charge in [0.25, 0.3) is 0 Å². The van der Waals surface area contributed by atoms with E-state index in [1.54, 1.807) is 31.3 Å². The van der Waals surface area contributed by atoms with E-state index in [1.165, 1.54) is 16.7 Å². The Labute approximate surface area is 137 Å². The van der Waals surface area contributed by atoms with E-state index in [9.17, 15) is 9.59 Å². The number of para-hydroxylation sites is 2. The third kappa shape index (κ3) is 2.69. The first-order chi connectivity index (χ1) is 10.6. The molecule has 0 aromatic heterocycles. The summed E-state index contributed by atoms with van der Waals surface area (Å²) in [6, 6.07) is 14.5. The zero-order valence-electron chi connectivity index (χ0n) is 11.7. The van der Waals surface area contributed by atoms with Crippen LogP contribution in [0, 0.1) is 0 Å². The summed E-state index contributed by atoms with van der Waals surface area (Å²) < 4.78 is 0. The molecule has 1 atom stereocenters. The molecule has 2 aromatic rings. The Balaban J connectivity index is 1.85. The fourth-order valence-electron chi connectivity index (χ4n) is 2.23. The van der Waals surface area contributed by atoms with Crippen LogP contribution in [-0.4, -0.2) is 24.1 Å². The van der Waals surface area contributed by atoms with Gasteiger partial charge in [-0.1, -0.05) is 35.9 Å². The molecule has 1 N–H and O–H groups in total. The van der Waals surface area contributed by atoms with E-state index < -0.39 is 5.25 Å². The van der Waals surface area contributed by atoms with Crippen LogP contribution in [0.3, 0.4) is 0 Å². The van der Waals surface area contributed by atoms with Crippen LogP contribution in [0.1, 0.15) is 0 Å². The molecule has 22 heavy (non-hydrogen) atoms. The van der Waals surface area contributed by atoms with Gasteiger partial charge in [0, 0.05) is 11.9 Å². The van der Waals surface area contributed by atoms with E-state index in [4.69, 9.17) is 11.6 Å². The summed E-state index contributed by atoms with van der Waals surface area (Å²) in [6.07, 6.45) is 0. The number of benzene rings is 2. The summed E-state index contributed by atoms with van der Waals surface area (Å²) in [5.41, 5.74) is 1.32. The van der Waals surface area contributed by atoms with Crippen LogP contribution in [-0.2, 0) is 9.59 Å². The van der Waals surface area contributed by atoms with Crippen molar-refractivity contribution in [3.8, 4) is 0 Å². The Morgan fingerprint density at radius 2 is 1.86 bits per heavy atom. The van der Waals surface area contributed by atoms with Crippen molar-refractivity contribution in [2.75, 3.05) is 17.3 Å². The largest absolute Gasteiger partial charge is 0.323 e. The molecule has 0 bridgehead atoms. The summed E-state index contributed by atoms with van der Waals surface area (Å²) >= 11 is 7.29. The Kier molecular flexibility index (Phi) is 4.09. The van der Waals surface area contributed by atoms with Gasteiger partial charge in [0.15, 0.2) is 5.25 Å². The third-order valence-electron chi connectivity index (χ3n) is 3.40. The van der Waals surface area contributed by atoms with E-state index in [1.807, 2.05) is 24.3 Å². The van der Waals surface area contributed by atoms with Gasteiger partial charge in [0.05, 0.1) is 16.4 Å². The molecule has 2 aromatic carbocycles. The van der Waals surface area contributed by atoms with Crippen LogP contribution in [0.2, 0.25) is 5.02 Å². The van der Waals surface area contributed by atoms with Crippen molar-refractivity contribution < 1.29 is 9.59 Å². The predicted octanol–water partition coefficient (Wildman–Crippen LogP) is 3.42. The average molecular weight is 333 g/mol. The van der Waals surface area contributed by atoms with Gasteiger partial charge in [-0.05, 0) is 24.3 Å². The first-order valence-corrected chi connectivity index (χ1v) is 7.92. The lowest BCUT2D eigenvalue weighted by atomic mass is 10.2. The number of rotatable bonds is 2. The highest BCUT2D eigenvalue weighted by Crippen LogP contribution is 2.38. The number of fused-ring (bicyclic) bond motifs is 1. The Morgan fingerprint density at radius 3 is 2.64 bits per heavy atom. The van der Waals surface area contributed by atoms with Crippen LogP contribution in [0.15, 0.2) is 53.4 Å². The highest BCUT2D eigenvalue weighted by molar-refractivity contribution is 8.01. The number of anilines is 2. The maximum atomic E-state index is 12.4. The summed E-state index contributed by atoms with van der Waals surface area (Å²) in [5.74, 6) is -0.613. The number of carbonyl (C=O) groups is 2. The maximum Gasteiger partial charge on any atom is 0.249 e. The predicted molar refractivity (Wildman–Crippen MR) is 89.6 cm³/mol. The molecule has 0 aliphatic carbocycles. The first-order valence-electron chi connectivity index (χ1n) is 6.66. The Morgan fingerprint density at radius 1 is 1.18 bits per heavy atom. The molecule has 6 heteroatoms. The van der Waals surface area contributed by atoms with Crippen molar-refractivity contribution >= 4 is 46.6 Å². The topological polar surface area (TPSA) is 49.4 Å². The molecule has 1 heterocycles. The lowest BCUT2D eigenvalue weighted by molar-refractivity contribution is -0.124. The molecule has 1 aliphatic heterocycles. The zero-order chi connectivity index (χ0) is 15.7. The normalized spacial score (nSPS) is 17.1. The van der Waals surface area contributed by atoms with Gasteiger partial charge in [-0.2, -0.15) is 0 Å². The molecule has 112 valence electrons. The van der Waals surface area contributed by atoms with Gasteiger partial charge >= 0.3 is 0 Å². The number of thioether (sulfide) groups is 1. The van der Waals surface area contributed by atoms with Crippen molar-refractivity contribution in [1.29, 1.82) is 0 Å². The number of nitrogens with one attached hydrogen (secondary N) is 1. The van der Waals surface area contributed by atoms with Crippen LogP contribution >= 0.6 is 23.4 Å². The Bertz CT molecular complexity index is 750. The van der Waals surface area contributed by atoms with Crippen molar-refractivity contribution in [1.82, 2.24) is 0 Å². The number of hydrogen-bond acceptors (Lipinski definition) is 3. The molecule has 4 nitrogen and oxygen atoms in total. The molecule has 2 amide bonds. The smallest absolute Gasteiger partial charge is 0.249 e. The van der Waals surface area contributed by atoms with E-state index in [-0.39, 0.29) is 11.8 Å². The second kappa shape index (κ2) is 6.02. The number of hydrogen-bond donors (Lipinski definition) is 1. The summed E-state index contributed by atoms with van der Waals surface area (Å²) in [5, 5.41) is 2.34. The molecule has 0 radical (unpaired) electrons. The quantitative estimate of drug-likeness (QED) is 0.857. The molecule has 0 saturated carbocycles. The third-order valence-corrected chi connectivity index (χ3v) is 4.98. The van der Waals surface area contributed by atoms with Gasteiger partial charge in [-0.15, -0.1) is 11.8 Å². The average Bonchev–Trinajstić information content (AvgIpc) is 2.53. The molecule has 0 saturated heterocycles. The SMILES string of the molecule is CN1C(=O)C(C(=O)Nc2ccccc2Cl)Sc2ccccc21. The van der Waals surface area contributed by atoms with Crippen LogP contribution in [0.4, 0.5) is 11.4 Å². The van der Waals surface area contributed by atoms with Gasteiger partial charge in [-0.25, -0.2) is 0 Å². The number of halogens is 1. The fourth-order valence-corrected chi connectivity index (χ4v) is 3.58.